The van der Waals surface area contributed by atoms with Crippen LogP contribution in [0.1, 0.15) is 24.8 Å². The molecule has 104 valence electrons. The number of hydrogen-bond donors (Lipinski definition) is 1. The van der Waals surface area contributed by atoms with Crippen molar-refractivity contribution in [3.63, 3.8) is 0 Å². The van der Waals surface area contributed by atoms with Crippen LogP contribution in [0.2, 0.25) is 0 Å². The number of nitrogen functional groups attached to an aromatic ring is 1. The molecule has 0 saturated heterocycles. The molecule has 0 amide bonds. The summed E-state index contributed by atoms with van der Waals surface area (Å²) >= 11 is 0. The topological polar surface area (TPSA) is 111 Å². The predicted octanol–water partition coefficient (Wildman–Crippen LogP) is 1.21. The molecule has 7 heteroatoms. The fraction of sp³-hybridized carbons (Fsp3) is 0.385. The molecule has 20 heavy (non-hydrogen) atoms. The summed E-state index contributed by atoms with van der Waals surface area (Å²) < 4.78 is 26.5. The molecule has 1 aromatic carbocycles. The second kappa shape index (κ2) is 5.49. The lowest BCUT2D eigenvalue weighted by molar-refractivity contribution is 0.411. The summed E-state index contributed by atoms with van der Waals surface area (Å²) in [7, 11) is -3.72. The van der Waals surface area contributed by atoms with Crippen LogP contribution in [0, 0.1) is 22.7 Å². The number of nitrogens with zero attached hydrogens (tertiary/aromatic N) is 3. The molecule has 0 unspecified atom stereocenters. The number of anilines is 1. The minimum Gasteiger partial charge on any atom is -0.398 e. The highest BCUT2D eigenvalue weighted by Gasteiger charge is 2.38. The number of nitrogens with two attached hydrogens (primary N) is 1. The monoisotopic (exact) mass is 290 g/mol. The van der Waals surface area contributed by atoms with E-state index in [4.69, 9.17) is 16.3 Å². The van der Waals surface area contributed by atoms with Crippen LogP contribution in [-0.4, -0.2) is 25.3 Å². The van der Waals surface area contributed by atoms with E-state index in [1.807, 2.05) is 12.1 Å². The minimum atomic E-state index is -3.72. The summed E-state index contributed by atoms with van der Waals surface area (Å²) in [5, 5.41) is 17.4. The van der Waals surface area contributed by atoms with E-state index in [1.54, 1.807) is 0 Å². The molecule has 6 nitrogen and oxygen atoms in total. The van der Waals surface area contributed by atoms with E-state index in [2.05, 4.69) is 0 Å². The average molecular weight is 290 g/mol. The van der Waals surface area contributed by atoms with E-state index in [0.29, 0.717) is 5.56 Å². The van der Waals surface area contributed by atoms with Crippen LogP contribution in [0.15, 0.2) is 23.1 Å². The lowest BCUT2D eigenvalue weighted by atomic mass is 10.2. The molecule has 0 spiro atoms. The molecule has 0 aromatic heterocycles. The van der Waals surface area contributed by atoms with Gasteiger partial charge in [-0.2, -0.15) is 14.8 Å². The Bertz CT molecular complexity index is 696. The largest absolute Gasteiger partial charge is 0.398 e. The molecule has 2 N–H and O–H groups in total. The van der Waals surface area contributed by atoms with E-state index in [0.717, 1.165) is 12.8 Å². The van der Waals surface area contributed by atoms with Gasteiger partial charge in [0.25, 0.3) is 0 Å². The van der Waals surface area contributed by atoms with Gasteiger partial charge in [-0.25, -0.2) is 8.42 Å². The molecule has 0 atom stereocenters. The van der Waals surface area contributed by atoms with Crippen LogP contribution in [0.4, 0.5) is 5.69 Å². The van der Waals surface area contributed by atoms with Gasteiger partial charge < -0.3 is 5.73 Å². The van der Waals surface area contributed by atoms with Crippen LogP contribution >= 0.6 is 0 Å². The van der Waals surface area contributed by atoms with E-state index in [-0.39, 0.29) is 29.6 Å². The van der Waals surface area contributed by atoms with E-state index < -0.39 is 10.0 Å². The molecule has 1 saturated carbocycles. The predicted molar refractivity (Wildman–Crippen MR) is 72.7 cm³/mol. The number of hydrogen-bond acceptors (Lipinski definition) is 5. The molecule has 0 bridgehead atoms. The van der Waals surface area contributed by atoms with Gasteiger partial charge in [0.05, 0.1) is 23.4 Å². The summed E-state index contributed by atoms with van der Waals surface area (Å²) in [6.07, 6.45) is 1.76. The molecule has 0 radical (unpaired) electrons. The van der Waals surface area contributed by atoms with Crippen molar-refractivity contribution in [1.29, 1.82) is 10.5 Å². The molecule has 1 aliphatic carbocycles. The normalized spacial score (nSPS) is 14.8. The van der Waals surface area contributed by atoms with E-state index in [9.17, 15) is 8.42 Å². The highest BCUT2D eigenvalue weighted by molar-refractivity contribution is 7.89. The first-order valence-corrected chi connectivity index (χ1v) is 7.63. The van der Waals surface area contributed by atoms with Gasteiger partial charge in [-0.3, -0.25) is 0 Å². The first-order valence-electron chi connectivity index (χ1n) is 6.19. The second-order valence-corrected chi connectivity index (χ2v) is 6.48. The number of rotatable bonds is 5. The van der Waals surface area contributed by atoms with Crippen molar-refractivity contribution in [2.75, 3.05) is 12.3 Å². The number of nitriles is 2. The lowest BCUT2D eigenvalue weighted by Gasteiger charge is -2.21. The zero-order valence-corrected chi connectivity index (χ0v) is 11.6. The lowest BCUT2D eigenvalue weighted by Crippen LogP contribution is -2.34. The zero-order chi connectivity index (χ0) is 14.8. The van der Waals surface area contributed by atoms with Crippen LogP contribution in [-0.2, 0) is 10.0 Å². The van der Waals surface area contributed by atoms with Crippen molar-refractivity contribution in [3.8, 4) is 12.1 Å². The zero-order valence-electron chi connectivity index (χ0n) is 10.8. The summed E-state index contributed by atoms with van der Waals surface area (Å²) in [6.45, 7) is 0.170. The van der Waals surface area contributed by atoms with Crippen molar-refractivity contribution in [2.45, 2.75) is 30.2 Å². The molecule has 2 rings (SSSR count). The molecule has 1 aliphatic rings. The summed E-state index contributed by atoms with van der Waals surface area (Å²) in [6, 6.07) is 7.96. The van der Waals surface area contributed by atoms with Gasteiger partial charge in [0.15, 0.2) is 0 Å². The van der Waals surface area contributed by atoms with E-state index >= 15 is 0 Å². The Morgan fingerprint density at radius 3 is 2.55 bits per heavy atom. The molecule has 1 fully saturated rings. The fourth-order valence-electron chi connectivity index (χ4n) is 2.00. The van der Waals surface area contributed by atoms with Crippen LogP contribution in [0.25, 0.3) is 0 Å². The molecule has 1 aromatic rings. The van der Waals surface area contributed by atoms with Crippen LogP contribution in [0.5, 0.6) is 0 Å². The Morgan fingerprint density at radius 2 is 2.05 bits per heavy atom. The maximum atomic E-state index is 12.6. The Labute approximate surface area is 118 Å². The van der Waals surface area contributed by atoms with Crippen molar-refractivity contribution in [2.24, 2.45) is 0 Å². The van der Waals surface area contributed by atoms with Crippen molar-refractivity contribution >= 4 is 15.7 Å². The van der Waals surface area contributed by atoms with Gasteiger partial charge in [-0.1, -0.05) is 0 Å². The third-order valence-corrected chi connectivity index (χ3v) is 5.15. The molecule has 0 heterocycles. The van der Waals surface area contributed by atoms with Crippen molar-refractivity contribution in [1.82, 2.24) is 4.31 Å². The molecular formula is C13H14N4O2S. The highest BCUT2D eigenvalue weighted by Crippen LogP contribution is 2.33. The number of benzene rings is 1. The van der Waals surface area contributed by atoms with E-state index in [1.165, 1.54) is 22.5 Å². The Hall–Kier alpha value is -2.09. The standard InChI is InChI=1S/C13H14N4O2S/c14-6-1-7-17(11-3-4-11)20(18,19)13-5-2-10(9-15)8-12(13)16/h2,5,8,11H,1,3-4,7,16H2. The summed E-state index contributed by atoms with van der Waals surface area (Å²) in [5.41, 5.74) is 6.13. The Balaban J connectivity index is 2.38. The molecular weight excluding hydrogens is 276 g/mol. The average Bonchev–Trinajstić information content (AvgIpc) is 3.23. The van der Waals surface area contributed by atoms with Gasteiger partial charge >= 0.3 is 0 Å². The first-order chi connectivity index (χ1) is 9.50. The molecule has 0 aliphatic heterocycles. The maximum Gasteiger partial charge on any atom is 0.245 e. The first kappa shape index (κ1) is 14.3. The van der Waals surface area contributed by atoms with Gasteiger partial charge in [-0.15, -0.1) is 0 Å². The third-order valence-electron chi connectivity index (χ3n) is 3.12. The summed E-state index contributed by atoms with van der Waals surface area (Å²) in [4.78, 5) is 0.00124. The fourth-order valence-corrected chi connectivity index (χ4v) is 3.79. The van der Waals surface area contributed by atoms with Crippen molar-refractivity contribution < 1.29 is 8.42 Å². The maximum absolute atomic E-state index is 12.6. The second-order valence-electron chi connectivity index (χ2n) is 4.62. The van der Waals surface area contributed by atoms with Gasteiger partial charge in [0.1, 0.15) is 4.90 Å². The number of sulfonamides is 1. The Kier molecular flexibility index (Phi) is 3.93. The van der Waals surface area contributed by atoms with Gasteiger partial charge in [0, 0.05) is 19.0 Å². The smallest absolute Gasteiger partial charge is 0.245 e. The van der Waals surface area contributed by atoms with Crippen LogP contribution in [0.3, 0.4) is 0 Å². The third kappa shape index (κ3) is 2.74. The SMILES string of the molecule is N#CCCN(C1CC1)S(=O)(=O)c1ccc(C#N)cc1N. The van der Waals surface area contributed by atoms with Gasteiger partial charge in [-0.05, 0) is 31.0 Å². The minimum absolute atomic E-state index is 0.00124. The summed E-state index contributed by atoms with van der Waals surface area (Å²) in [5.74, 6) is 0. The quantitative estimate of drug-likeness (QED) is 0.819. The van der Waals surface area contributed by atoms with Gasteiger partial charge in [0.2, 0.25) is 10.0 Å². The highest BCUT2D eigenvalue weighted by atomic mass is 32.2. The van der Waals surface area contributed by atoms with Crippen molar-refractivity contribution in [3.05, 3.63) is 23.8 Å². The Morgan fingerprint density at radius 1 is 1.35 bits per heavy atom. The van der Waals surface area contributed by atoms with Crippen LogP contribution < -0.4 is 5.73 Å².